The van der Waals surface area contributed by atoms with E-state index in [2.05, 4.69) is 17.4 Å². The number of hydrogen-bond acceptors (Lipinski definition) is 3. The molecule has 0 bridgehead atoms. The Balaban J connectivity index is 1.43. The van der Waals surface area contributed by atoms with Crippen molar-refractivity contribution in [2.24, 2.45) is 0 Å². The largest absolute Gasteiger partial charge is 0.463 e. The van der Waals surface area contributed by atoms with Crippen LogP contribution < -0.4 is 10.1 Å². The lowest BCUT2D eigenvalue weighted by molar-refractivity contribution is -0.133. The molecule has 1 atom stereocenters. The van der Waals surface area contributed by atoms with Crippen molar-refractivity contribution in [1.82, 2.24) is 5.32 Å². The molecule has 1 saturated carbocycles. The van der Waals surface area contributed by atoms with Gasteiger partial charge in [-0.3, -0.25) is 4.79 Å². The van der Waals surface area contributed by atoms with Crippen LogP contribution in [0.15, 0.2) is 54.6 Å². The van der Waals surface area contributed by atoms with E-state index in [0.717, 1.165) is 42.6 Å². The molecule has 130 valence electrons. The second-order valence-corrected chi connectivity index (χ2v) is 6.83. The monoisotopic (exact) mass is 337 g/mol. The Morgan fingerprint density at radius 1 is 1.04 bits per heavy atom. The summed E-state index contributed by atoms with van der Waals surface area (Å²) in [6.45, 7) is 0.877. The number of benzene rings is 2. The smallest absolute Gasteiger partial charge is 0.230 e. The third-order valence-electron chi connectivity index (χ3n) is 5.30. The van der Waals surface area contributed by atoms with Gasteiger partial charge in [0.1, 0.15) is 5.75 Å². The first-order valence-electron chi connectivity index (χ1n) is 8.98. The maximum absolute atomic E-state index is 13.0. The lowest BCUT2D eigenvalue weighted by atomic mass is 9.78. The summed E-state index contributed by atoms with van der Waals surface area (Å²) in [6.07, 6.45) is 3.54. The summed E-state index contributed by atoms with van der Waals surface area (Å²) in [5.74, 6) is 0.925. The number of hydrogen-bond donors (Lipinski definition) is 1. The number of nitrogens with one attached hydrogen (secondary N) is 1. The minimum Gasteiger partial charge on any atom is -0.463 e. The van der Waals surface area contributed by atoms with Gasteiger partial charge in [0.25, 0.3) is 0 Å². The lowest BCUT2D eigenvalue weighted by Crippen LogP contribution is -2.47. The zero-order chi connectivity index (χ0) is 17.1. The van der Waals surface area contributed by atoms with Crippen LogP contribution in [0.2, 0.25) is 0 Å². The average Bonchev–Trinajstić information content (AvgIpc) is 3.18. The van der Waals surface area contributed by atoms with E-state index in [1.54, 1.807) is 0 Å². The topological polar surface area (TPSA) is 47.6 Å². The first-order chi connectivity index (χ1) is 12.3. The molecule has 0 aromatic heterocycles. The summed E-state index contributed by atoms with van der Waals surface area (Å²) in [7, 11) is 0. The van der Waals surface area contributed by atoms with E-state index in [0.29, 0.717) is 13.2 Å². The highest BCUT2D eigenvalue weighted by molar-refractivity contribution is 5.88. The van der Waals surface area contributed by atoms with E-state index in [1.807, 2.05) is 42.5 Å². The van der Waals surface area contributed by atoms with Crippen LogP contribution in [0.1, 0.15) is 36.8 Å². The van der Waals surface area contributed by atoms with Crippen LogP contribution in [-0.2, 0) is 21.6 Å². The molecule has 2 aromatic rings. The van der Waals surface area contributed by atoms with Gasteiger partial charge in [0.15, 0.2) is 0 Å². The molecule has 1 heterocycles. The number of carbonyl (C=O) groups excluding carboxylic acids is 1. The second kappa shape index (κ2) is 6.89. The molecule has 0 spiro atoms. The SMILES string of the molecule is O=C(NC[C@H]1OCc2ccccc2O1)C1(c2ccccc2)CCCC1. The van der Waals surface area contributed by atoms with Gasteiger partial charge in [0.05, 0.1) is 18.6 Å². The van der Waals surface area contributed by atoms with Crippen molar-refractivity contribution in [3.05, 3.63) is 65.7 Å². The Hall–Kier alpha value is -2.33. The van der Waals surface area contributed by atoms with Crippen LogP contribution in [0.4, 0.5) is 0 Å². The summed E-state index contributed by atoms with van der Waals surface area (Å²) < 4.78 is 11.6. The number of amides is 1. The fourth-order valence-corrected chi connectivity index (χ4v) is 3.92. The minimum atomic E-state index is -0.437. The van der Waals surface area contributed by atoms with Gasteiger partial charge < -0.3 is 14.8 Å². The minimum absolute atomic E-state index is 0.0854. The van der Waals surface area contributed by atoms with Gasteiger partial charge in [-0.15, -0.1) is 0 Å². The van der Waals surface area contributed by atoms with Crippen LogP contribution in [0.5, 0.6) is 5.75 Å². The highest BCUT2D eigenvalue weighted by Crippen LogP contribution is 2.41. The summed E-state index contributed by atoms with van der Waals surface area (Å²) in [6, 6.07) is 18.0. The summed E-state index contributed by atoms with van der Waals surface area (Å²) in [5.41, 5.74) is 1.75. The van der Waals surface area contributed by atoms with Crippen molar-refractivity contribution >= 4 is 5.91 Å². The zero-order valence-electron chi connectivity index (χ0n) is 14.2. The highest BCUT2D eigenvalue weighted by Gasteiger charge is 2.42. The van der Waals surface area contributed by atoms with E-state index < -0.39 is 11.7 Å². The van der Waals surface area contributed by atoms with Crippen LogP contribution in [0, 0.1) is 0 Å². The van der Waals surface area contributed by atoms with E-state index in [1.165, 1.54) is 0 Å². The first kappa shape index (κ1) is 16.2. The molecule has 1 N–H and O–H groups in total. The predicted octanol–water partition coefficient (Wildman–Crippen LogP) is 3.55. The van der Waals surface area contributed by atoms with Gasteiger partial charge in [-0.1, -0.05) is 61.4 Å². The third-order valence-corrected chi connectivity index (χ3v) is 5.30. The van der Waals surface area contributed by atoms with Gasteiger partial charge in [0.2, 0.25) is 12.2 Å². The van der Waals surface area contributed by atoms with Gasteiger partial charge in [0, 0.05) is 5.56 Å². The van der Waals surface area contributed by atoms with Crippen LogP contribution in [-0.4, -0.2) is 18.7 Å². The van der Waals surface area contributed by atoms with Crippen molar-refractivity contribution in [2.45, 2.75) is 44.0 Å². The molecule has 0 radical (unpaired) electrons. The molecule has 1 aliphatic heterocycles. The van der Waals surface area contributed by atoms with Crippen molar-refractivity contribution in [3.8, 4) is 5.75 Å². The first-order valence-corrected chi connectivity index (χ1v) is 8.98. The maximum atomic E-state index is 13.0. The Bertz CT molecular complexity index is 738. The molecular weight excluding hydrogens is 314 g/mol. The van der Waals surface area contributed by atoms with E-state index in [4.69, 9.17) is 9.47 Å². The van der Waals surface area contributed by atoms with Gasteiger partial charge in [-0.05, 0) is 24.5 Å². The number of rotatable bonds is 4. The Morgan fingerprint density at radius 2 is 1.76 bits per heavy atom. The zero-order valence-corrected chi connectivity index (χ0v) is 14.2. The summed E-state index contributed by atoms with van der Waals surface area (Å²) in [5, 5.41) is 3.08. The quantitative estimate of drug-likeness (QED) is 0.928. The molecule has 1 amide bonds. The number of carbonyl (C=O) groups is 1. The second-order valence-electron chi connectivity index (χ2n) is 6.83. The van der Waals surface area contributed by atoms with Gasteiger partial charge in [-0.2, -0.15) is 0 Å². The lowest BCUT2D eigenvalue weighted by Gasteiger charge is -2.31. The van der Waals surface area contributed by atoms with E-state index in [9.17, 15) is 4.79 Å². The predicted molar refractivity (Wildman–Crippen MR) is 95.2 cm³/mol. The normalized spacial score (nSPS) is 21.2. The number of para-hydroxylation sites is 1. The molecule has 1 aliphatic carbocycles. The molecule has 4 rings (SSSR count). The Labute approximate surface area is 148 Å². The Kier molecular flexibility index (Phi) is 4.45. The molecule has 1 fully saturated rings. The Morgan fingerprint density at radius 3 is 2.56 bits per heavy atom. The molecule has 2 aliphatic rings. The van der Waals surface area contributed by atoms with Gasteiger partial charge in [-0.25, -0.2) is 0 Å². The molecular formula is C21H23NO3. The molecule has 2 aromatic carbocycles. The maximum Gasteiger partial charge on any atom is 0.230 e. The van der Waals surface area contributed by atoms with Crippen molar-refractivity contribution < 1.29 is 14.3 Å². The van der Waals surface area contributed by atoms with Crippen LogP contribution >= 0.6 is 0 Å². The molecule has 0 unspecified atom stereocenters. The standard InChI is InChI=1S/C21H23NO3/c23-20(21(12-6-7-13-21)17-9-2-1-3-10-17)22-14-19-24-15-16-8-4-5-11-18(16)25-19/h1-5,8-11,19H,6-7,12-15H2,(H,22,23)/t19-/m0/s1. The van der Waals surface area contributed by atoms with E-state index >= 15 is 0 Å². The average molecular weight is 337 g/mol. The van der Waals surface area contributed by atoms with Crippen LogP contribution in [0.3, 0.4) is 0 Å². The fourth-order valence-electron chi connectivity index (χ4n) is 3.92. The molecule has 25 heavy (non-hydrogen) atoms. The van der Waals surface area contributed by atoms with Crippen molar-refractivity contribution in [1.29, 1.82) is 0 Å². The summed E-state index contributed by atoms with van der Waals surface area (Å²) in [4.78, 5) is 13.0. The highest BCUT2D eigenvalue weighted by atomic mass is 16.7. The van der Waals surface area contributed by atoms with E-state index in [-0.39, 0.29) is 5.91 Å². The van der Waals surface area contributed by atoms with Gasteiger partial charge >= 0.3 is 0 Å². The fraction of sp³-hybridized carbons (Fsp3) is 0.381. The molecule has 0 saturated heterocycles. The number of ether oxygens (including phenoxy) is 2. The number of fused-ring (bicyclic) bond motifs is 1. The van der Waals surface area contributed by atoms with Crippen molar-refractivity contribution in [3.63, 3.8) is 0 Å². The third kappa shape index (κ3) is 3.14. The summed E-state index contributed by atoms with van der Waals surface area (Å²) >= 11 is 0. The van der Waals surface area contributed by atoms with Crippen LogP contribution in [0.25, 0.3) is 0 Å². The van der Waals surface area contributed by atoms with Crippen molar-refractivity contribution in [2.75, 3.05) is 6.54 Å². The molecule has 4 nitrogen and oxygen atoms in total. The molecule has 4 heteroatoms.